The second kappa shape index (κ2) is 12.3. The first-order valence-electron chi connectivity index (χ1n) is 12.5. The zero-order chi connectivity index (χ0) is 27.9. The number of likely N-dealkylation sites (tertiary alicyclic amines) is 1. The molecule has 3 amide bonds. The van der Waals surface area contributed by atoms with Crippen molar-refractivity contribution in [1.82, 2.24) is 25.4 Å². The number of alkyl carbamates (subject to hydrolysis) is 1. The fraction of sp³-hybridized carbons (Fsp3) is 0.462. The monoisotopic (exact) mass is 524 g/mol. The number of piperidine rings is 1. The number of anilines is 3. The normalized spacial score (nSPS) is 16.2. The van der Waals surface area contributed by atoms with Crippen molar-refractivity contribution in [3.63, 3.8) is 0 Å². The van der Waals surface area contributed by atoms with Gasteiger partial charge in [0.25, 0.3) is 5.91 Å². The van der Waals surface area contributed by atoms with Crippen molar-refractivity contribution in [2.75, 3.05) is 23.7 Å². The molecule has 2 atom stereocenters. The minimum absolute atomic E-state index is 0.0476. The van der Waals surface area contributed by atoms with Crippen LogP contribution in [0.1, 0.15) is 56.6 Å². The van der Waals surface area contributed by atoms with Gasteiger partial charge in [0, 0.05) is 30.9 Å². The fourth-order valence-electron chi connectivity index (χ4n) is 3.65. The van der Waals surface area contributed by atoms with E-state index in [0.29, 0.717) is 18.8 Å². The number of amides is 3. The second-order valence-corrected chi connectivity index (χ2v) is 10.3. The number of rotatable bonds is 9. The zero-order valence-electron chi connectivity index (χ0n) is 22.3. The highest BCUT2D eigenvalue weighted by atomic mass is 16.5. The SMILES string of the molecule is C=CC(=O)N1CCC[C@@H](Nc2nnc(C(N)=O)c(Nc3ccc(COC(=O)NC(C)C(C)(C)C)cc3)n2)C1. The van der Waals surface area contributed by atoms with Crippen molar-refractivity contribution in [2.45, 2.75) is 59.2 Å². The van der Waals surface area contributed by atoms with E-state index >= 15 is 0 Å². The topological polar surface area (TPSA) is 164 Å². The molecule has 2 heterocycles. The summed E-state index contributed by atoms with van der Waals surface area (Å²) >= 11 is 0. The minimum atomic E-state index is -0.778. The molecule has 1 unspecified atom stereocenters. The van der Waals surface area contributed by atoms with Gasteiger partial charge in [-0.3, -0.25) is 9.59 Å². The van der Waals surface area contributed by atoms with Crippen LogP contribution in [0.15, 0.2) is 36.9 Å². The number of benzene rings is 1. The largest absolute Gasteiger partial charge is 0.445 e. The predicted octanol–water partition coefficient (Wildman–Crippen LogP) is 2.96. The number of nitrogens with one attached hydrogen (secondary N) is 3. The number of ether oxygens (including phenoxy) is 1. The summed E-state index contributed by atoms with van der Waals surface area (Å²) in [7, 11) is 0. The Balaban J connectivity index is 1.64. The molecule has 1 aromatic heterocycles. The van der Waals surface area contributed by atoms with Gasteiger partial charge in [-0.1, -0.05) is 39.5 Å². The van der Waals surface area contributed by atoms with Crippen LogP contribution in [0.4, 0.5) is 22.2 Å². The number of primary amides is 1. The van der Waals surface area contributed by atoms with E-state index in [2.05, 4.69) is 37.7 Å². The molecule has 38 heavy (non-hydrogen) atoms. The molecule has 1 aliphatic heterocycles. The Morgan fingerprint density at radius 3 is 2.58 bits per heavy atom. The summed E-state index contributed by atoms with van der Waals surface area (Å²) in [6, 6.07) is 6.96. The molecule has 1 aromatic carbocycles. The first-order valence-corrected chi connectivity index (χ1v) is 12.5. The lowest BCUT2D eigenvalue weighted by atomic mass is 9.88. The zero-order valence-corrected chi connectivity index (χ0v) is 22.3. The van der Waals surface area contributed by atoms with E-state index in [-0.39, 0.29) is 47.5 Å². The lowest BCUT2D eigenvalue weighted by molar-refractivity contribution is -0.127. The van der Waals surface area contributed by atoms with E-state index in [1.54, 1.807) is 29.2 Å². The van der Waals surface area contributed by atoms with Gasteiger partial charge in [-0.05, 0) is 49.0 Å². The van der Waals surface area contributed by atoms with Gasteiger partial charge in [-0.2, -0.15) is 4.98 Å². The average molecular weight is 525 g/mol. The quantitative estimate of drug-likeness (QED) is 0.361. The predicted molar refractivity (Wildman–Crippen MR) is 144 cm³/mol. The molecule has 2 aromatic rings. The molecule has 0 bridgehead atoms. The van der Waals surface area contributed by atoms with Crippen LogP contribution in [0.5, 0.6) is 0 Å². The van der Waals surface area contributed by atoms with Crippen LogP contribution in [0.3, 0.4) is 0 Å². The number of aromatic nitrogens is 3. The van der Waals surface area contributed by atoms with Crippen molar-refractivity contribution >= 4 is 35.4 Å². The highest BCUT2D eigenvalue weighted by Crippen LogP contribution is 2.21. The van der Waals surface area contributed by atoms with Gasteiger partial charge >= 0.3 is 6.09 Å². The highest BCUT2D eigenvalue weighted by molar-refractivity contribution is 5.96. The number of carbonyl (C=O) groups excluding carboxylic acids is 3. The van der Waals surface area contributed by atoms with E-state index in [1.807, 2.05) is 27.7 Å². The lowest BCUT2D eigenvalue weighted by Crippen LogP contribution is -2.44. The van der Waals surface area contributed by atoms with Crippen molar-refractivity contribution < 1.29 is 19.1 Å². The number of carbonyl (C=O) groups is 3. The molecule has 204 valence electrons. The van der Waals surface area contributed by atoms with Crippen LogP contribution < -0.4 is 21.7 Å². The summed E-state index contributed by atoms with van der Waals surface area (Å²) in [5.74, 6) is -0.559. The van der Waals surface area contributed by atoms with Gasteiger partial charge in [0.15, 0.2) is 11.5 Å². The minimum Gasteiger partial charge on any atom is -0.445 e. The molecule has 12 heteroatoms. The van der Waals surface area contributed by atoms with Crippen molar-refractivity contribution in [2.24, 2.45) is 11.1 Å². The maximum absolute atomic E-state index is 12.1. The van der Waals surface area contributed by atoms with Crippen molar-refractivity contribution in [1.29, 1.82) is 0 Å². The van der Waals surface area contributed by atoms with Gasteiger partial charge in [0.05, 0.1) is 0 Å². The van der Waals surface area contributed by atoms with E-state index < -0.39 is 12.0 Å². The van der Waals surface area contributed by atoms with Crippen LogP contribution in [0.25, 0.3) is 0 Å². The maximum Gasteiger partial charge on any atom is 0.407 e. The summed E-state index contributed by atoms with van der Waals surface area (Å²) < 4.78 is 5.32. The Morgan fingerprint density at radius 2 is 1.95 bits per heavy atom. The molecular weight excluding hydrogens is 488 g/mol. The van der Waals surface area contributed by atoms with Crippen LogP contribution in [0, 0.1) is 5.41 Å². The summed E-state index contributed by atoms with van der Waals surface area (Å²) in [6.07, 6.45) is 2.45. The molecule has 0 saturated carbocycles. The molecule has 1 saturated heterocycles. The number of hydrogen-bond acceptors (Lipinski definition) is 9. The van der Waals surface area contributed by atoms with Gasteiger partial charge in [0.2, 0.25) is 11.9 Å². The Labute approximate surface area is 222 Å². The van der Waals surface area contributed by atoms with Gasteiger partial charge in [0.1, 0.15) is 6.61 Å². The van der Waals surface area contributed by atoms with Gasteiger partial charge < -0.3 is 31.3 Å². The molecule has 5 N–H and O–H groups in total. The molecule has 0 spiro atoms. The number of hydrogen-bond donors (Lipinski definition) is 4. The van der Waals surface area contributed by atoms with E-state index in [1.165, 1.54) is 6.08 Å². The smallest absolute Gasteiger partial charge is 0.407 e. The third kappa shape index (κ3) is 7.89. The molecule has 12 nitrogen and oxygen atoms in total. The third-order valence-corrected chi connectivity index (χ3v) is 6.38. The van der Waals surface area contributed by atoms with Crippen LogP contribution >= 0.6 is 0 Å². The van der Waals surface area contributed by atoms with E-state index in [4.69, 9.17) is 10.5 Å². The lowest BCUT2D eigenvalue weighted by Gasteiger charge is -2.32. The molecule has 1 fully saturated rings. The summed E-state index contributed by atoms with van der Waals surface area (Å²) in [5, 5.41) is 17.0. The van der Waals surface area contributed by atoms with E-state index in [9.17, 15) is 14.4 Å². The first-order chi connectivity index (χ1) is 18.0. The van der Waals surface area contributed by atoms with Crippen LogP contribution in [0.2, 0.25) is 0 Å². The Kier molecular flexibility index (Phi) is 9.21. The Hall–Kier alpha value is -4.22. The first kappa shape index (κ1) is 28.4. The molecule has 0 radical (unpaired) electrons. The standard InChI is InChI=1S/C26H36N8O4/c1-6-20(35)34-13-7-8-19(14-34)30-24-31-23(21(22(27)36)32-33-24)29-18-11-9-17(10-12-18)15-38-25(37)28-16(2)26(3,4)5/h6,9-12,16,19H,1,7-8,13-15H2,2-5H3,(H2,27,36)(H,28,37)(H2,29,30,31,33)/t16?,19-/m1/s1. The van der Waals surface area contributed by atoms with Crippen molar-refractivity contribution in [3.05, 3.63) is 48.2 Å². The third-order valence-electron chi connectivity index (χ3n) is 6.38. The fourth-order valence-corrected chi connectivity index (χ4v) is 3.65. The Bertz CT molecular complexity index is 1160. The van der Waals surface area contributed by atoms with Gasteiger partial charge in [-0.25, -0.2) is 4.79 Å². The summed E-state index contributed by atoms with van der Waals surface area (Å²) in [4.78, 5) is 42.1. The number of nitrogens with two attached hydrogens (primary N) is 1. The average Bonchev–Trinajstić information content (AvgIpc) is 2.87. The summed E-state index contributed by atoms with van der Waals surface area (Å²) in [6.45, 7) is 12.8. The molecule has 1 aliphatic rings. The molecule has 0 aliphatic carbocycles. The van der Waals surface area contributed by atoms with Crippen molar-refractivity contribution in [3.8, 4) is 0 Å². The van der Waals surface area contributed by atoms with Crippen LogP contribution in [-0.4, -0.2) is 63.2 Å². The van der Waals surface area contributed by atoms with E-state index in [0.717, 1.165) is 18.4 Å². The number of nitrogens with zero attached hydrogens (tertiary/aromatic N) is 4. The van der Waals surface area contributed by atoms with Gasteiger partial charge in [-0.15, -0.1) is 10.2 Å². The highest BCUT2D eigenvalue weighted by Gasteiger charge is 2.24. The second-order valence-electron chi connectivity index (χ2n) is 10.3. The summed E-state index contributed by atoms with van der Waals surface area (Å²) in [5.41, 5.74) is 6.68. The van der Waals surface area contributed by atoms with Crippen LogP contribution in [-0.2, 0) is 16.1 Å². The maximum atomic E-state index is 12.1. The molecule has 3 rings (SSSR count). The Morgan fingerprint density at radius 1 is 1.24 bits per heavy atom. The molecular formula is C26H36N8O4.